The van der Waals surface area contributed by atoms with E-state index in [1.165, 1.54) is 0 Å². The molecule has 0 unspecified atom stereocenters. The molecule has 0 fully saturated rings. The second kappa shape index (κ2) is 5.63. The molecule has 5 heteroatoms. The predicted octanol–water partition coefficient (Wildman–Crippen LogP) is 3.65. The van der Waals surface area contributed by atoms with Gasteiger partial charge in [0.05, 0.1) is 17.9 Å². The Morgan fingerprint density at radius 2 is 1.72 bits per heavy atom. The van der Waals surface area contributed by atoms with Crippen molar-refractivity contribution in [1.29, 1.82) is 0 Å². The number of anilines is 1. The number of aromatic nitrogens is 1. The highest BCUT2D eigenvalue weighted by Crippen LogP contribution is 2.43. The molecule has 0 atom stereocenters. The molecule has 2 aromatic carbocycles. The summed E-state index contributed by atoms with van der Waals surface area (Å²) in [7, 11) is 0. The summed E-state index contributed by atoms with van der Waals surface area (Å²) in [5.41, 5.74) is 10.6. The van der Waals surface area contributed by atoms with Crippen LogP contribution in [0.1, 0.15) is 33.3 Å². The molecule has 0 bridgehead atoms. The first kappa shape index (κ1) is 15.2. The lowest BCUT2D eigenvalue weighted by Gasteiger charge is -2.07. The lowest BCUT2D eigenvalue weighted by Crippen LogP contribution is -2.08. The number of ketones is 1. The van der Waals surface area contributed by atoms with Gasteiger partial charge in [-0.05, 0) is 24.6 Å². The van der Waals surface area contributed by atoms with Crippen molar-refractivity contribution in [3.8, 4) is 22.4 Å². The van der Waals surface area contributed by atoms with Gasteiger partial charge in [0.25, 0.3) is 0 Å². The van der Waals surface area contributed by atoms with Crippen LogP contribution in [-0.2, 0) is 4.74 Å². The van der Waals surface area contributed by atoms with Crippen LogP contribution < -0.4 is 5.73 Å². The van der Waals surface area contributed by atoms with Crippen LogP contribution >= 0.6 is 0 Å². The smallest absolute Gasteiger partial charge is 0.355 e. The summed E-state index contributed by atoms with van der Waals surface area (Å²) in [6.07, 6.45) is 0. The number of benzene rings is 2. The molecule has 1 aromatic heterocycles. The fourth-order valence-corrected chi connectivity index (χ4v) is 3.26. The van der Waals surface area contributed by atoms with Gasteiger partial charge in [-0.1, -0.05) is 36.4 Å². The number of hydrogen-bond donors (Lipinski definition) is 2. The topological polar surface area (TPSA) is 85.2 Å². The SMILES string of the molecule is CCOC(=O)c1[nH]c2c(c1-c1ccc(N)cc1)C(=O)c1ccccc1-2. The minimum Gasteiger partial charge on any atom is -0.461 e. The van der Waals surface area contributed by atoms with Crippen LogP contribution in [0.3, 0.4) is 0 Å². The molecule has 0 radical (unpaired) electrons. The number of nitrogens with one attached hydrogen (secondary N) is 1. The van der Waals surface area contributed by atoms with Gasteiger partial charge in [-0.15, -0.1) is 0 Å². The van der Waals surface area contributed by atoms with Gasteiger partial charge >= 0.3 is 5.97 Å². The van der Waals surface area contributed by atoms with Crippen LogP contribution in [0.15, 0.2) is 48.5 Å². The van der Waals surface area contributed by atoms with Crippen molar-refractivity contribution >= 4 is 17.4 Å². The second-order valence-electron chi connectivity index (χ2n) is 5.84. The molecule has 124 valence electrons. The molecule has 1 heterocycles. The average molecular weight is 332 g/mol. The number of carbonyl (C=O) groups is 2. The molecule has 3 N–H and O–H groups in total. The Morgan fingerprint density at radius 3 is 2.40 bits per heavy atom. The Kier molecular flexibility index (Phi) is 3.42. The van der Waals surface area contributed by atoms with E-state index in [2.05, 4.69) is 4.98 Å². The number of aromatic amines is 1. The lowest BCUT2D eigenvalue weighted by molar-refractivity contribution is 0.0521. The van der Waals surface area contributed by atoms with Gasteiger partial charge in [-0.25, -0.2) is 4.79 Å². The normalized spacial score (nSPS) is 12.0. The highest BCUT2D eigenvalue weighted by atomic mass is 16.5. The van der Waals surface area contributed by atoms with E-state index < -0.39 is 5.97 Å². The second-order valence-corrected chi connectivity index (χ2v) is 5.84. The van der Waals surface area contributed by atoms with E-state index in [0.29, 0.717) is 33.8 Å². The van der Waals surface area contributed by atoms with E-state index in [9.17, 15) is 9.59 Å². The fourth-order valence-electron chi connectivity index (χ4n) is 3.26. The summed E-state index contributed by atoms with van der Waals surface area (Å²) < 4.78 is 5.17. The van der Waals surface area contributed by atoms with Crippen LogP contribution in [-0.4, -0.2) is 23.3 Å². The first-order valence-corrected chi connectivity index (χ1v) is 8.05. The first-order valence-electron chi connectivity index (χ1n) is 8.05. The number of hydrogen-bond acceptors (Lipinski definition) is 4. The summed E-state index contributed by atoms with van der Waals surface area (Å²) in [6, 6.07) is 14.5. The molecule has 0 aliphatic heterocycles. The van der Waals surface area contributed by atoms with E-state index in [0.717, 1.165) is 11.1 Å². The number of nitrogens with two attached hydrogens (primary N) is 1. The summed E-state index contributed by atoms with van der Waals surface area (Å²) in [6.45, 7) is 2.01. The van der Waals surface area contributed by atoms with Crippen molar-refractivity contribution in [3.05, 3.63) is 65.4 Å². The molecule has 0 spiro atoms. The summed E-state index contributed by atoms with van der Waals surface area (Å²) in [5.74, 6) is -0.571. The number of rotatable bonds is 3. The van der Waals surface area contributed by atoms with Gasteiger partial charge in [0.2, 0.25) is 0 Å². The minimum atomic E-state index is -0.478. The van der Waals surface area contributed by atoms with E-state index in [1.54, 1.807) is 37.3 Å². The average Bonchev–Trinajstić information content (AvgIpc) is 3.13. The van der Waals surface area contributed by atoms with Crippen LogP contribution in [0.25, 0.3) is 22.4 Å². The van der Waals surface area contributed by atoms with Gasteiger partial charge in [-0.2, -0.15) is 0 Å². The minimum absolute atomic E-state index is 0.0933. The molecule has 4 rings (SSSR count). The Labute approximate surface area is 144 Å². The van der Waals surface area contributed by atoms with Crippen molar-refractivity contribution in [1.82, 2.24) is 4.98 Å². The van der Waals surface area contributed by atoms with Crippen molar-refractivity contribution in [3.63, 3.8) is 0 Å². The van der Waals surface area contributed by atoms with E-state index in [1.807, 2.05) is 18.2 Å². The number of fused-ring (bicyclic) bond motifs is 3. The molecule has 0 amide bonds. The molecule has 5 nitrogen and oxygen atoms in total. The monoisotopic (exact) mass is 332 g/mol. The van der Waals surface area contributed by atoms with Gasteiger partial charge in [-0.3, -0.25) is 4.79 Å². The molecule has 1 aliphatic carbocycles. The molecular weight excluding hydrogens is 316 g/mol. The summed E-state index contributed by atoms with van der Waals surface area (Å²) in [5, 5.41) is 0. The van der Waals surface area contributed by atoms with Crippen LogP contribution in [0.4, 0.5) is 5.69 Å². The van der Waals surface area contributed by atoms with E-state index in [4.69, 9.17) is 10.5 Å². The van der Waals surface area contributed by atoms with E-state index in [-0.39, 0.29) is 12.4 Å². The van der Waals surface area contributed by atoms with Crippen LogP contribution in [0.5, 0.6) is 0 Å². The van der Waals surface area contributed by atoms with E-state index >= 15 is 0 Å². The van der Waals surface area contributed by atoms with Gasteiger partial charge in [0, 0.05) is 22.4 Å². The van der Waals surface area contributed by atoms with Crippen molar-refractivity contribution in [2.24, 2.45) is 0 Å². The summed E-state index contributed by atoms with van der Waals surface area (Å²) >= 11 is 0. The molecular formula is C20H16N2O3. The molecule has 0 saturated carbocycles. The van der Waals surface area contributed by atoms with Gasteiger partial charge < -0.3 is 15.5 Å². The highest BCUT2D eigenvalue weighted by molar-refractivity contribution is 6.26. The summed E-state index contributed by atoms with van der Waals surface area (Å²) in [4.78, 5) is 28.5. The first-order chi connectivity index (χ1) is 12.1. The lowest BCUT2D eigenvalue weighted by atomic mass is 9.98. The zero-order valence-electron chi connectivity index (χ0n) is 13.6. The van der Waals surface area contributed by atoms with Crippen molar-refractivity contribution in [2.45, 2.75) is 6.92 Å². The number of H-pyrrole nitrogens is 1. The Balaban J connectivity index is 1.99. The maximum Gasteiger partial charge on any atom is 0.355 e. The molecule has 1 aliphatic rings. The standard InChI is InChI=1S/C20H16N2O3/c1-2-25-20(24)18-15(11-7-9-12(21)10-8-11)16-17(22-18)13-5-3-4-6-14(13)19(16)23/h3-10,22H,2,21H2,1H3. The number of nitrogen functional groups attached to an aromatic ring is 1. The zero-order chi connectivity index (χ0) is 17.6. The quantitative estimate of drug-likeness (QED) is 0.443. The zero-order valence-corrected chi connectivity index (χ0v) is 13.6. The highest BCUT2D eigenvalue weighted by Gasteiger charge is 2.35. The fraction of sp³-hybridized carbons (Fsp3) is 0.100. The molecule has 3 aromatic rings. The molecule has 25 heavy (non-hydrogen) atoms. The van der Waals surface area contributed by atoms with Crippen molar-refractivity contribution < 1.29 is 14.3 Å². The predicted molar refractivity (Wildman–Crippen MR) is 95.5 cm³/mol. The Bertz CT molecular complexity index is 1000. The third-order valence-electron chi connectivity index (χ3n) is 4.35. The number of carbonyl (C=O) groups excluding carboxylic acids is 2. The third kappa shape index (κ3) is 2.24. The number of esters is 1. The van der Waals surface area contributed by atoms with Gasteiger partial charge in [0.15, 0.2) is 5.78 Å². The largest absolute Gasteiger partial charge is 0.461 e. The van der Waals surface area contributed by atoms with Crippen LogP contribution in [0, 0.1) is 0 Å². The Morgan fingerprint density at radius 1 is 1.04 bits per heavy atom. The van der Waals surface area contributed by atoms with Crippen LogP contribution in [0.2, 0.25) is 0 Å². The maximum atomic E-state index is 12.9. The van der Waals surface area contributed by atoms with Crippen molar-refractivity contribution in [2.75, 3.05) is 12.3 Å². The van der Waals surface area contributed by atoms with Gasteiger partial charge in [0.1, 0.15) is 5.69 Å². The third-order valence-corrected chi connectivity index (χ3v) is 4.35. The number of ether oxygens (including phenoxy) is 1. The Hall–Kier alpha value is -3.34. The maximum absolute atomic E-state index is 12.9. The molecule has 0 saturated heterocycles.